The van der Waals surface area contributed by atoms with Crippen LogP contribution in [0.3, 0.4) is 0 Å². The number of rotatable bonds is 5. The van der Waals surface area contributed by atoms with E-state index >= 15 is 0 Å². The number of hydrogen-bond donors (Lipinski definition) is 1. The maximum absolute atomic E-state index is 12.6. The smallest absolute Gasteiger partial charge is 0.263 e. The molecule has 6 nitrogen and oxygen atoms in total. The van der Waals surface area contributed by atoms with Gasteiger partial charge in [-0.2, -0.15) is 0 Å². The van der Waals surface area contributed by atoms with Crippen LogP contribution in [0.1, 0.15) is 58.3 Å². The number of fused-ring (bicyclic) bond motifs is 1. The molecule has 0 aromatic carbocycles. The zero-order valence-electron chi connectivity index (χ0n) is 14.6. The molecule has 0 bridgehead atoms. The fourth-order valence-corrected chi connectivity index (χ4v) is 4.05. The Morgan fingerprint density at radius 2 is 2.29 bits per heavy atom. The van der Waals surface area contributed by atoms with E-state index in [1.54, 1.807) is 0 Å². The van der Waals surface area contributed by atoms with Crippen molar-refractivity contribution in [1.29, 1.82) is 0 Å². The summed E-state index contributed by atoms with van der Waals surface area (Å²) in [6, 6.07) is 0.132. The van der Waals surface area contributed by atoms with Crippen molar-refractivity contribution in [1.82, 2.24) is 19.9 Å². The molecule has 0 aliphatic carbocycles. The van der Waals surface area contributed by atoms with Crippen LogP contribution in [0.2, 0.25) is 0 Å². The highest BCUT2D eigenvalue weighted by molar-refractivity contribution is 7.13. The highest BCUT2D eigenvalue weighted by Gasteiger charge is 2.24. The first-order valence-electron chi connectivity index (χ1n) is 8.40. The first-order chi connectivity index (χ1) is 11.5. The summed E-state index contributed by atoms with van der Waals surface area (Å²) < 4.78 is 7.72. The molecule has 0 saturated carbocycles. The SMILES string of the molecule is CCO[C@@H](C)c1nc(C)c(C(=O)N[C@H]2CCc3nc(C)cn3C2)s1. The van der Waals surface area contributed by atoms with Gasteiger partial charge < -0.3 is 14.6 Å². The van der Waals surface area contributed by atoms with E-state index in [2.05, 4.69) is 19.9 Å². The van der Waals surface area contributed by atoms with Crippen molar-refractivity contribution >= 4 is 17.2 Å². The van der Waals surface area contributed by atoms with Gasteiger partial charge in [0.1, 0.15) is 21.8 Å². The number of carbonyl (C=O) groups is 1. The fraction of sp³-hybridized carbons (Fsp3) is 0.588. The summed E-state index contributed by atoms with van der Waals surface area (Å²) in [6.07, 6.45) is 3.79. The zero-order chi connectivity index (χ0) is 17.3. The zero-order valence-corrected chi connectivity index (χ0v) is 15.4. The molecular weight excluding hydrogens is 324 g/mol. The predicted molar refractivity (Wildman–Crippen MR) is 93.4 cm³/mol. The normalized spacial score (nSPS) is 18.2. The largest absolute Gasteiger partial charge is 0.372 e. The Labute approximate surface area is 146 Å². The van der Waals surface area contributed by atoms with E-state index in [0.717, 1.165) is 41.6 Å². The van der Waals surface area contributed by atoms with Crippen molar-refractivity contribution < 1.29 is 9.53 Å². The Bertz CT molecular complexity index is 737. The van der Waals surface area contributed by atoms with Crippen LogP contribution >= 0.6 is 11.3 Å². The molecular formula is C17H24N4O2S. The van der Waals surface area contributed by atoms with E-state index in [1.807, 2.05) is 33.9 Å². The third-order valence-corrected chi connectivity index (χ3v) is 5.55. The van der Waals surface area contributed by atoms with Gasteiger partial charge in [-0.25, -0.2) is 9.97 Å². The van der Waals surface area contributed by atoms with Gasteiger partial charge in [0, 0.05) is 31.8 Å². The number of carbonyl (C=O) groups excluding carboxylic acids is 1. The summed E-state index contributed by atoms with van der Waals surface area (Å²) in [5.41, 5.74) is 1.80. The molecule has 24 heavy (non-hydrogen) atoms. The van der Waals surface area contributed by atoms with Gasteiger partial charge in [-0.05, 0) is 34.1 Å². The van der Waals surface area contributed by atoms with Crippen LogP contribution in [0.4, 0.5) is 0 Å². The molecule has 2 aromatic rings. The molecule has 1 aliphatic rings. The summed E-state index contributed by atoms with van der Waals surface area (Å²) in [4.78, 5) is 22.3. The Morgan fingerprint density at radius 1 is 1.50 bits per heavy atom. The van der Waals surface area contributed by atoms with Gasteiger partial charge in [0.05, 0.1) is 11.4 Å². The maximum Gasteiger partial charge on any atom is 0.263 e. The maximum atomic E-state index is 12.6. The minimum absolute atomic E-state index is 0.0368. The average Bonchev–Trinajstić information content (AvgIpc) is 3.09. The van der Waals surface area contributed by atoms with Gasteiger partial charge in [-0.3, -0.25) is 4.79 Å². The number of amides is 1. The molecule has 0 fully saturated rings. The van der Waals surface area contributed by atoms with E-state index in [0.29, 0.717) is 11.5 Å². The second-order valence-electron chi connectivity index (χ2n) is 6.22. The van der Waals surface area contributed by atoms with Crippen molar-refractivity contribution in [2.45, 2.75) is 59.2 Å². The summed E-state index contributed by atoms with van der Waals surface area (Å²) in [6.45, 7) is 9.22. The summed E-state index contributed by atoms with van der Waals surface area (Å²) >= 11 is 1.43. The van der Waals surface area contributed by atoms with Crippen molar-refractivity contribution in [2.75, 3.05) is 6.61 Å². The summed E-state index contributed by atoms with van der Waals surface area (Å²) in [5, 5.41) is 4.01. The Morgan fingerprint density at radius 3 is 3.04 bits per heavy atom. The number of imidazole rings is 1. The predicted octanol–water partition coefficient (Wildman–Crippen LogP) is 2.80. The number of hydrogen-bond acceptors (Lipinski definition) is 5. The van der Waals surface area contributed by atoms with Gasteiger partial charge in [0.2, 0.25) is 0 Å². The van der Waals surface area contributed by atoms with Gasteiger partial charge >= 0.3 is 0 Å². The molecule has 0 unspecified atom stereocenters. The molecule has 7 heteroatoms. The quantitative estimate of drug-likeness (QED) is 0.902. The third-order valence-electron chi connectivity index (χ3n) is 4.23. The molecule has 0 saturated heterocycles. The van der Waals surface area contributed by atoms with Crippen LogP contribution in [-0.2, 0) is 17.7 Å². The monoisotopic (exact) mass is 348 g/mol. The standard InChI is InChI=1S/C17H24N4O2S/c1-5-23-12(4)17-19-11(3)15(24-17)16(22)20-13-6-7-14-18-10(2)8-21(14)9-13/h8,12-13H,5-7,9H2,1-4H3,(H,20,22)/t12-,13-/m0/s1. The number of nitrogens with one attached hydrogen (secondary N) is 1. The molecule has 130 valence electrons. The first-order valence-corrected chi connectivity index (χ1v) is 9.22. The number of thiazole rings is 1. The second-order valence-corrected chi connectivity index (χ2v) is 7.25. The van der Waals surface area contributed by atoms with Gasteiger partial charge in [0.25, 0.3) is 5.91 Å². The topological polar surface area (TPSA) is 69.0 Å². The van der Waals surface area contributed by atoms with Crippen molar-refractivity contribution in [3.05, 3.63) is 33.3 Å². The van der Waals surface area contributed by atoms with E-state index in [-0.39, 0.29) is 18.1 Å². The van der Waals surface area contributed by atoms with Crippen LogP contribution in [-0.4, -0.2) is 33.1 Å². The summed E-state index contributed by atoms with van der Waals surface area (Å²) in [5.74, 6) is 1.07. The van der Waals surface area contributed by atoms with Gasteiger partial charge in [-0.1, -0.05) is 0 Å². The highest BCUT2D eigenvalue weighted by atomic mass is 32.1. The number of aryl methyl sites for hydroxylation is 3. The number of aromatic nitrogens is 3. The van der Waals surface area contributed by atoms with E-state index in [9.17, 15) is 4.79 Å². The molecule has 3 rings (SSSR count). The highest BCUT2D eigenvalue weighted by Crippen LogP contribution is 2.26. The van der Waals surface area contributed by atoms with Crippen molar-refractivity contribution in [3.8, 4) is 0 Å². The number of nitrogens with zero attached hydrogens (tertiary/aromatic N) is 3. The minimum Gasteiger partial charge on any atom is -0.372 e. The molecule has 0 radical (unpaired) electrons. The minimum atomic E-state index is -0.0774. The Kier molecular flexibility index (Phi) is 5.01. The van der Waals surface area contributed by atoms with Crippen LogP contribution < -0.4 is 5.32 Å². The lowest BCUT2D eigenvalue weighted by Gasteiger charge is -2.24. The molecule has 0 spiro atoms. The van der Waals surface area contributed by atoms with Crippen LogP contribution in [0.25, 0.3) is 0 Å². The van der Waals surface area contributed by atoms with Crippen LogP contribution in [0, 0.1) is 13.8 Å². The van der Waals surface area contributed by atoms with Gasteiger partial charge in [-0.15, -0.1) is 11.3 Å². The average molecular weight is 348 g/mol. The third kappa shape index (κ3) is 3.52. The Hall–Kier alpha value is -1.73. The van der Waals surface area contributed by atoms with Gasteiger partial charge in [0.15, 0.2) is 0 Å². The van der Waals surface area contributed by atoms with Crippen LogP contribution in [0.15, 0.2) is 6.20 Å². The second kappa shape index (κ2) is 7.03. The molecule has 3 heterocycles. The fourth-order valence-electron chi connectivity index (χ4n) is 3.08. The molecule has 1 N–H and O–H groups in total. The molecule has 2 atom stereocenters. The van der Waals surface area contributed by atoms with E-state index in [1.165, 1.54) is 11.3 Å². The lowest BCUT2D eigenvalue weighted by atomic mass is 10.1. The molecule has 1 amide bonds. The van der Waals surface area contributed by atoms with Crippen molar-refractivity contribution in [3.63, 3.8) is 0 Å². The summed E-state index contributed by atoms with van der Waals surface area (Å²) in [7, 11) is 0. The van der Waals surface area contributed by atoms with E-state index in [4.69, 9.17) is 4.74 Å². The number of ether oxygens (including phenoxy) is 1. The lowest BCUT2D eigenvalue weighted by molar-refractivity contribution is 0.0761. The molecule has 2 aromatic heterocycles. The first kappa shape index (κ1) is 17.1. The Balaban J connectivity index is 1.67. The van der Waals surface area contributed by atoms with E-state index < -0.39 is 0 Å². The molecule has 1 aliphatic heterocycles. The van der Waals surface area contributed by atoms with Crippen molar-refractivity contribution in [2.24, 2.45) is 0 Å². The van der Waals surface area contributed by atoms with Crippen LogP contribution in [0.5, 0.6) is 0 Å². The lowest BCUT2D eigenvalue weighted by Crippen LogP contribution is -2.40.